The summed E-state index contributed by atoms with van der Waals surface area (Å²) in [7, 11) is 0. The number of aliphatic imine (C=N–C) groups is 2. The Bertz CT molecular complexity index is 1470. The summed E-state index contributed by atoms with van der Waals surface area (Å²) >= 11 is 0. The van der Waals surface area contributed by atoms with Crippen molar-refractivity contribution in [3.05, 3.63) is 107 Å². The summed E-state index contributed by atoms with van der Waals surface area (Å²) < 4.78 is 6.82. The van der Waals surface area contributed by atoms with E-state index >= 15 is 0 Å². The van der Waals surface area contributed by atoms with E-state index in [4.69, 9.17) is 14.7 Å². The minimum absolute atomic E-state index is 0.0634. The number of hydrogen-bond donors (Lipinski definition) is 0. The van der Waals surface area contributed by atoms with Crippen molar-refractivity contribution in [2.75, 3.05) is 0 Å². The van der Waals surface area contributed by atoms with Crippen LogP contribution in [-0.4, -0.2) is 22.4 Å². The van der Waals surface area contributed by atoms with Crippen LogP contribution >= 0.6 is 0 Å². The third-order valence-corrected chi connectivity index (χ3v) is 7.47. The quantitative estimate of drug-likeness (QED) is 0.247. The zero-order valence-electron chi connectivity index (χ0n) is 24.8. The highest BCUT2D eigenvalue weighted by Gasteiger charge is 2.39. The van der Waals surface area contributed by atoms with Crippen LogP contribution in [0.2, 0.25) is 0 Å². The van der Waals surface area contributed by atoms with E-state index in [1.807, 2.05) is 36.4 Å². The Balaban J connectivity index is 1.73. The first-order valence-electron chi connectivity index (χ1n) is 13.8. The average Bonchev–Trinajstić information content (AvgIpc) is 2.90. The molecule has 0 atom stereocenters. The minimum atomic E-state index is -0.351. The molecule has 0 saturated heterocycles. The van der Waals surface area contributed by atoms with Crippen LogP contribution in [0.4, 0.5) is 11.4 Å². The number of nitrogens with zero attached hydrogens (tertiary/aromatic N) is 4. The molecule has 3 heterocycles. The predicted molar refractivity (Wildman–Crippen MR) is 165 cm³/mol. The van der Waals surface area contributed by atoms with Crippen molar-refractivity contribution < 1.29 is 4.74 Å². The van der Waals surface area contributed by atoms with Crippen molar-refractivity contribution in [3.63, 3.8) is 0 Å². The Morgan fingerprint density at radius 1 is 0.650 bits per heavy atom. The fourth-order valence-electron chi connectivity index (χ4n) is 4.85. The van der Waals surface area contributed by atoms with E-state index in [0.29, 0.717) is 0 Å². The van der Waals surface area contributed by atoms with Crippen LogP contribution in [0.1, 0.15) is 89.0 Å². The Morgan fingerprint density at radius 3 is 1.43 bits per heavy atom. The van der Waals surface area contributed by atoms with Gasteiger partial charge < -0.3 is 4.74 Å². The largest absolute Gasteiger partial charge is 0.452 e. The summed E-state index contributed by atoms with van der Waals surface area (Å²) in [6, 6.07) is 20.5. The number of ether oxygens (including phenoxy) is 1. The van der Waals surface area contributed by atoms with E-state index in [0.717, 1.165) is 45.4 Å². The Kier molecular flexibility index (Phi) is 6.95. The Hall–Kier alpha value is -4.12. The van der Waals surface area contributed by atoms with Crippen LogP contribution in [0.3, 0.4) is 0 Å². The minimum Gasteiger partial charge on any atom is -0.452 e. The first-order chi connectivity index (χ1) is 18.8. The molecule has 0 bridgehead atoms. The van der Waals surface area contributed by atoms with E-state index in [2.05, 4.69) is 89.6 Å². The summed E-state index contributed by atoms with van der Waals surface area (Å²) in [5.41, 5.74) is 7.33. The van der Waals surface area contributed by atoms with E-state index < -0.39 is 0 Å². The van der Waals surface area contributed by atoms with Crippen molar-refractivity contribution in [2.45, 2.75) is 71.6 Å². The van der Waals surface area contributed by atoms with Crippen LogP contribution in [0.5, 0.6) is 11.5 Å². The van der Waals surface area contributed by atoms with Gasteiger partial charge in [-0.1, -0.05) is 79.7 Å². The van der Waals surface area contributed by atoms with Crippen molar-refractivity contribution in [3.8, 4) is 11.5 Å². The summed E-state index contributed by atoms with van der Waals surface area (Å²) in [6.45, 7) is 17.9. The fourth-order valence-corrected chi connectivity index (χ4v) is 4.85. The lowest BCUT2D eigenvalue weighted by Gasteiger charge is -2.38. The van der Waals surface area contributed by atoms with Crippen molar-refractivity contribution >= 4 is 23.8 Å². The SMILES string of the molecule is CC(C)(C)c1cc(N=Cc2ccccn2)c2c(c1)C(C)(C)c1cc(C(C)(C)C)cc(N=Cc3ccccn3)c1O2. The van der Waals surface area contributed by atoms with Crippen LogP contribution < -0.4 is 4.74 Å². The molecule has 5 rings (SSSR count). The lowest BCUT2D eigenvalue weighted by Crippen LogP contribution is -2.27. The molecule has 0 N–H and O–H groups in total. The van der Waals surface area contributed by atoms with Gasteiger partial charge in [-0.25, -0.2) is 0 Å². The molecule has 1 aliphatic rings. The predicted octanol–water partition coefficient (Wildman–Crippen LogP) is 9.00. The Labute approximate surface area is 238 Å². The molecule has 0 saturated carbocycles. The van der Waals surface area contributed by atoms with Gasteiger partial charge in [0, 0.05) is 28.9 Å². The number of benzene rings is 2. The van der Waals surface area contributed by atoms with Gasteiger partial charge in [-0.05, 0) is 58.4 Å². The summed E-state index contributed by atoms with van der Waals surface area (Å²) in [5.74, 6) is 1.52. The summed E-state index contributed by atoms with van der Waals surface area (Å²) in [4.78, 5) is 18.7. The lowest BCUT2D eigenvalue weighted by atomic mass is 9.71. The van der Waals surface area contributed by atoms with Crippen molar-refractivity contribution in [1.29, 1.82) is 0 Å². The summed E-state index contributed by atoms with van der Waals surface area (Å²) in [5, 5.41) is 0. The van der Waals surface area contributed by atoms with Gasteiger partial charge in [-0.15, -0.1) is 0 Å². The molecule has 0 unspecified atom stereocenters. The van der Waals surface area contributed by atoms with Gasteiger partial charge in [0.1, 0.15) is 11.4 Å². The van der Waals surface area contributed by atoms with Crippen molar-refractivity contribution in [2.24, 2.45) is 9.98 Å². The van der Waals surface area contributed by atoms with Gasteiger partial charge in [0.15, 0.2) is 11.5 Å². The maximum Gasteiger partial charge on any atom is 0.157 e. The summed E-state index contributed by atoms with van der Waals surface area (Å²) in [6.07, 6.45) is 7.15. The second kappa shape index (κ2) is 10.1. The van der Waals surface area contributed by atoms with Crippen LogP contribution in [0.25, 0.3) is 0 Å². The molecular weight excluding hydrogens is 492 g/mol. The number of fused-ring (bicyclic) bond motifs is 2. The second-order valence-electron chi connectivity index (χ2n) is 13.0. The maximum absolute atomic E-state index is 6.82. The second-order valence-corrected chi connectivity index (χ2v) is 13.0. The molecule has 40 heavy (non-hydrogen) atoms. The molecule has 0 fully saturated rings. The number of rotatable bonds is 4. The van der Waals surface area contributed by atoms with Gasteiger partial charge in [-0.3, -0.25) is 20.0 Å². The molecular formula is C35H38N4O. The van der Waals surface area contributed by atoms with E-state index in [-0.39, 0.29) is 16.2 Å². The third kappa shape index (κ3) is 5.46. The van der Waals surface area contributed by atoms with Gasteiger partial charge in [0.2, 0.25) is 0 Å². The normalized spacial score (nSPS) is 14.7. The molecule has 0 amide bonds. The molecule has 5 heteroatoms. The third-order valence-electron chi connectivity index (χ3n) is 7.47. The van der Waals surface area contributed by atoms with E-state index in [9.17, 15) is 0 Å². The molecule has 204 valence electrons. The zero-order valence-corrected chi connectivity index (χ0v) is 24.8. The van der Waals surface area contributed by atoms with Crippen LogP contribution in [0.15, 0.2) is 83.0 Å². The highest BCUT2D eigenvalue weighted by atomic mass is 16.5. The van der Waals surface area contributed by atoms with Gasteiger partial charge in [0.25, 0.3) is 0 Å². The van der Waals surface area contributed by atoms with Crippen molar-refractivity contribution in [1.82, 2.24) is 9.97 Å². The van der Waals surface area contributed by atoms with Gasteiger partial charge in [0.05, 0.1) is 23.8 Å². The molecule has 4 aromatic rings. The highest BCUT2D eigenvalue weighted by molar-refractivity contribution is 5.84. The monoisotopic (exact) mass is 530 g/mol. The van der Waals surface area contributed by atoms with Gasteiger partial charge in [-0.2, -0.15) is 0 Å². The first kappa shape index (κ1) is 27.4. The van der Waals surface area contributed by atoms with E-state index in [1.165, 1.54) is 11.1 Å². The smallest absolute Gasteiger partial charge is 0.157 e. The van der Waals surface area contributed by atoms with Crippen LogP contribution in [0, 0.1) is 0 Å². The number of hydrogen-bond acceptors (Lipinski definition) is 5. The molecule has 1 aliphatic heterocycles. The molecule has 2 aromatic heterocycles. The van der Waals surface area contributed by atoms with E-state index in [1.54, 1.807) is 24.8 Å². The molecule has 0 aliphatic carbocycles. The highest BCUT2D eigenvalue weighted by Crippen LogP contribution is 2.56. The topological polar surface area (TPSA) is 59.7 Å². The molecule has 2 aromatic carbocycles. The Morgan fingerprint density at radius 2 is 1.07 bits per heavy atom. The lowest BCUT2D eigenvalue weighted by molar-refractivity contribution is 0.417. The fraction of sp³-hybridized carbons (Fsp3) is 0.314. The van der Waals surface area contributed by atoms with Crippen LogP contribution in [-0.2, 0) is 16.2 Å². The average molecular weight is 531 g/mol. The maximum atomic E-state index is 6.82. The molecule has 5 nitrogen and oxygen atoms in total. The zero-order chi connectivity index (χ0) is 28.7. The molecule has 0 spiro atoms. The number of aromatic nitrogens is 2. The molecule has 0 radical (unpaired) electrons. The first-order valence-corrected chi connectivity index (χ1v) is 13.8. The standard InChI is InChI=1S/C35H38N4O/c1-33(2,3)23-17-27-31(29(19-23)38-21-25-13-9-11-15-36-25)40-32-28(35(27,7)8)18-24(34(4,5)6)20-30(32)39-22-26-14-10-12-16-37-26/h9-22H,1-8H3. The number of pyridine rings is 2. The van der Waals surface area contributed by atoms with Gasteiger partial charge >= 0.3 is 0 Å².